The number of hydrogen-bond acceptors (Lipinski definition) is 2. The van der Waals surface area contributed by atoms with Gasteiger partial charge in [0.15, 0.2) is 0 Å². The molecule has 1 aromatic carbocycles. The van der Waals surface area contributed by atoms with Gasteiger partial charge in [0.25, 0.3) is 0 Å². The number of halogens is 2. The van der Waals surface area contributed by atoms with Crippen LogP contribution < -0.4 is 10.1 Å². The normalized spacial score (nSPS) is 9.53. The van der Waals surface area contributed by atoms with Crippen molar-refractivity contribution in [2.24, 2.45) is 0 Å². The van der Waals surface area contributed by atoms with Gasteiger partial charge in [-0.1, -0.05) is 6.07 Å². The Bertz CT molecular complexity index is 294. The third-order valence-electron chi connectivity index (χ3n) is 1.92. The Hall–Kier alpha value is -0.0000000000000000555. The van der Waals surface area contributed by atoms with E-state index in [4.69, 9.17) is 4.74 Å². The molecule has 0 saturated heterocycles. The van der Waals surface area contributed by atoms with E-state index in [2.05, 4.69) is 47.0 Å². The fourth-order valence-electron chi connectivity index (χ4n) is 1.15. The Morgan fingerprint density at radius 1 is 1.40 bits per heavy atom. The first-order valence-corrected chi connectivity index (χ1v) is 5.85. The van der Waals surface area contributed by atoms with Gasteiger partial charge >= 0.3 is 0 Å². The fraction of sp³-hybridized carbons (Fsp3) is 0.455. The first kappa shape index (κ1) is 15.0. The lowest BCUT2D eigenvalue weighted by molar-refractivity contribution is 0.307. The molecule has 1 aromatic rings. The van der Waals surface area contributed by atoms with Gasteiger partial charge in [-0.2, -0.15) is 0 Å². The van der Waals surface area contributed by atoms with E-state index >= 15 is 0 Å². The summed E-state index contributed by atoms with van der Waals surface area (Å²) in [6.45, 7) is 3.87. The van der Waals surface area contributed by atoms with Gasteiger partial charge in [-0.05, 0) is 67.2 Å². The lowest BCUT2D eigenvalue weighted by atomic mass is 10.2. The molecule has 15 heavy (non-hydrogen) atoms. The standard InChI is InChI=1S/C11H16INO.ClH/c1-9-4-5-11(10(12)8-9)14-7-3-6-13-2;/h4-5,8,13H,3,6-7H2,1-2H3;1H. The van der Waals surface area contributed by atoms with Crippen molar-refractivity contribution < 1.29 is 4.74 Å². The van der Waals surface area contributed by atoms with E-state index in [9.17, 15) is 0 Å². The van der Waals surface area contributed by atoms with Crippen molar-refractivity contribution in [2.45, 2.75) is 13.3 Å². The van der Waals surface area contributed by atoms with Gasteiger partial charge in [-0.3, -0.25) is 0 Å². The average Bonchev–Trinajstić information content (AvgIpc) is 2.15. The van der Waals surface area contributed by atoms with Crippen LogP contribution in [-0.4, -0.2) is 20.2 Å². The van der Waals surface area contributed by atoms with E-state index in [0.717, 1.165) is 25.3 Å². The summed E-state index contributed by atoms with van der Waals surface area (Å²) in [5.41, 5.74) is 1.27. The molecule has 0 bridgehead atoms. The maximum absolute atomic E-state index is 5.65. The minimum Gasteiger partial charge on any atom is -0.492 e. The third-order valence-corrected chi connectivity index (χ3v) is 2.76. The van der Waals surface area contributed by atoms with Crippen molar-refractivity contribution in [2.75, 3.05) is 20.2 Å². The van der Waals surface area contributed by atoms with Crippen molar-refractivity contribution in [3.8, 4) is 5.75 Å². The Balaban J connectivity index is 0.00000196. The minimum atomic E-state index is 0. The van der Waals surface area contributed by atoms with Gasteiger partial charge in [-0.25, -0.2) is 0 Å². The third kappa shape index (κ3) is 5.58. The largest absolute Gasteiger partial charge is 0.492 e. The second kappa shape index (κ2) is 8.19. The number of benzene rings is 1. The first-order valence-electron chi connectivity index (χ1n) is 4.77. The molecule has 0 aromatic heterocycles. The Morgan fingerprint density at radius 2 is 2.13 bits per heavy atom. The zero-order chi connectivity index (χ0) is 10.4. The first-order chi connectivity index (χ1) is 6.74. The van der Waals surface area contributed by atoms with E-state index in [-0.39, 0.29) is 12.4 Å². The lowest BCUT2D eigenvalue weighted by Crippen LogP contribution is -2.11. The maximum Gasteiger partial charge on any atom is 0.132 e. The fourth-order valence-corrected chi connectivity index (χ4v) is 1.98. The van der Waals surface area contributed by atoms with Crippen LogP contribution in [0.25, 0.3) is 0 Å². The molecule has 0 aliphatic rings. The molecule has 2 nitrogen and oxygen atoms in total. The maximum atomic E-state index is 5.65. The predicted molar refractivity (Wildman–Crippen MR) is 75.2 cm³/mol. The van der Waals surface area contributed by atoms with Crippen LogP contribution in [0.2, 0.25) is 0 Å². The molecule has 1 N–H and O–H groups in total. The number of rotatable bonds is 5. The van der Waals surface area contributed by atoms with Crippen molar-refractivity contribution in [1.29, 1.82) is 0 Å². The van der Waals surface area contributed by atoms with Gasteiger partial charge < -0.3 is 10.1 Å². The second-order valence-electron chi connectivity index (χ2n) is 3.24. The molecule has 0 atom stereocenters. The van der Waals surface area contributed by atoms with Crippen LogP contribution >= 0.6 is 35.0 Å². The van der Waals surface area contributed by atoms with Crippen molar-refractivity contribution in [3.63, 3.8) is 0 Å². The van der Waals surface area contributed by atoms with Crippen LogP contribution in [0.3, 0.4) is 0 Å². The molecule has 0 saturated carbocycles. The molecular weight excluding hydrogens is 324 g/mol. The lowest BCUT2D eigenvalue weighted by Gasteiger charge is -2.08. The summed E-state index contributed by atoms with van der Waals surface area (Å²) in [5, 5.41) is 3.10. The highest BCUT2D eigenvalue weighted by Crippen LogP contribution is 2.21. The van der Waals surface area contributed by atoms with Crippen molar-refractivity contribution >= 4 is 35.0 Å². The van der Waals surface area contributed by atoms with E-state index in [1.54, 1.807) is 0 Å². The Morgan fingerprint density at radius 3 is 2.73 bits per heavy atom. The van der Waals surface area contributed by atoms with E-state index in [1.807, 2.05) is 13.1 Å². The van der Waals surface area contributed by atoms with Crippen LogP contribution in [0.1, 0.15) is 12.0 Å². The molecule has 0 unspecified atom stereocenters. The predicted octanol–water partition coefficient (Wildman–Crippen LogP) is 3.01. The van der Waals surface area contributed by atoms with E-state index in [0.29, 0.717) is 0 Å². The molecule has 0 spiro atoms. The van der Waals surface area contributed by atoms with Gasteiger partial charge in [0.2, 0.25) is 0 Å². The zero-order valence-corrected chi connectivity index (χ0v) is 12.0. The van der Waals surface area contributed by atoms with Crippen LogP contribution in [-0.2, 0) is 0 Å². The molecular formula is C11H17ClINO. The van der Waals surface area contributed by atoms with Crippen LogP contribution in [0, 0.1) is 10.5 Å². The van der Waals surface area contributed by atoms with E-state index in [1.165, 1.54) is 9.13 Å². The molecule has 1 rings (SSSR count). The summed E-state index contributed by atoms with van der Waals surface area (Å²) >= 11 is 2.31. The number of hydrogen-bond donors (Lipinski definition) is 1. The highest BCUT2D eigenvalue weighted by molar-refractivity contribution is 14.1. The smallest absolute Gasteiger partial charge is 0.132 e. The van der Waals surface area contributed by atoms with Crippen molar-refractivity contribution in [3.05, 3.63) is 27.3 Å². The van der Waals surface area contributed by atoms with Gasteiger partial charge in [-0.15, -0.1) is 12.4 Å². The molecule has 4 heteroatoms. The van der Waals surface area contributed by atoms with Crippen LogP contribution in [0.5, 0.6) is 5.75 Å². The van der Waals surface area contributed by atoms with Crippen LogP contribution in [0.4, 0.5) is 0 Å². The van der Waals surface area contributed by atoms with Gasteiger partial charge in [0, 0.05) is 0 Å². The molecule has 0 radical (unpaired) electrons. The zero-order valence-electron chi connectivity index (χ0n) is 9.05. The van der Waals surface area contributed by atoms with Gasteiger partial charge in [0.05, 0.1) is 10.2 Å². The molecule has 0 heterocycles. The molecule has 0 amide bonds. The molecule has 0 aliphatic carbocycles. The Labute approximate surface area is 111 Å². The quantitative estimate of drug-likeness (QED) is 0.657. The van der Waals surface area contributed by atoms with Crippen molar-refractivity contribution in [1.82, 2.24) is 5.32 Å². The number of aryl methyl sites for hydroxylation is 1. The summed E-state index contributed by atoms with van der Waals surface area (Å²) in [7, 11) is 1.95. The molecule has 86 valence electrons. The summed E-state index contributed by atoms with van der Waals surface area (Å²) in [5.74, 6) is 0.993. The highest BCUT2D eigenvalue weighted by Gasteiger charge is 1.99. The molecule has 0 aliphatic heterocycles. The summed E-state index contributed by atoms with van der Waals surface area (Å²) in [6.07, 6.45) is 1.04. The van der Waals surface area contributed by atoms with Crippen LogP contribution in [0.15, 0.2) is 18.2 Å². The monoisotopic (exact) mass is 341 g/mol. The highest BCUT2D eigenvalue weighted by atomic mass is 127. The van der Waals surface area contributed by atoms with Gasteiger partial charge in [0.1, 0.15) is 5.75 Å². The summed E-state index contributed by atoms with van der Waals surface area (Å²) < 4.78 is 6.83. The second-order valence-corrected chi connectivity index (χ2v) is 4.40. The number of ether oxygens (including phenoxy) is 1. The molecule has 0 fully saturated rings. The Kier molecular flexibility index (Phi) is 8.19. The summed E-state index contributed by atoms with van der Waals surface area (Å²) in [4.78, 5) is 0. The van der Waals surface area contributed by atoms with E-state index < -0.39 is 0 Å². The minimum absolute atomic E-state index is 0. The number of nitrogens with one attached hydrogen (secondary N) is 1. The topological polar surface area (TPSA) is 21.3 Å². The average molecular weight is 342 g/mol. The summed E-state index contributed by atoms with van der Waals surface area (Å²) in [6, 6.07) is 6.25. The SMILES string of the molecule is CNCCCOc1ccc(C)cc1I.Cl.